The zero-order valence-corrected chi connectivity index (χ0v) is 10.4. The molecule has 0 saturated carbocycles. The number of hydrogen-bond donors (Lipinski definition) is 0. The Labute approximate surface area is 97.1 Å². The van der Waals surface area contributed by atoms with E-state index in [0.29, 0.717) is 6.79 Å². The average Bonchev–Trinajstić information content (AvgIpc) is 2.51. The lowest BCUT2D eigenvalue weighted by molar-refractivity contribution is 0.174. The number of hydrogen-bond acceptors (Lipinski definition) is 3. The summed E-state index contributed by atoms with van der Waals surface area (Å²) in [5.41, 5.74) is 1.28. The largest absolute Gasteiger partial charge is 0.454 e. The lowest BCUT2D eigenvalue weighted by Crippen LogP contribution is -2.11. The molecule has 0 radical (unpaired) electrons. The second-order valence-corrected chi connectivity index (χ2v) is 4.70. The molecule has 1 aromatic rings. The van der Waals surface area contributed by atoms with Gasteiger partial charge in [0.1, 0.15) is 0 Å². The second kappa shape index (κ2) is 3.94. The molecule has 1 aliphatic heterocycles. The average molecular weight is 305 g/mol. The predicted molar refractivity (Wildman–Crippen MR) is 62.7 cm³/mol. The van der Waals surface area contributed by atoms with Crippen molar-refractivity contribution < 1.29 is 9.47 Å². The molecule has 14 heavy (non-hydrogen) atoms. The van der Waals surface area contributed by atoms with Crippen molar-refractivity contribution in [3.63, 3.8) is 0 Å². The van der Waals surface area contributed by atoms with Crippen molar-refractivity contribution in [1.29, 1.82) is 0 Å². The topological polar surface area (TPSA) is 21.7 Å². The minimum Gasteiger partial charge on any atom is -0.454 e. The third-order valence-electron chi connectivity index (χ3n) is 2.03. The van der Waals surface area contributed by atoms with E-state index in [-0.39, 0.29) is 0 Å². The first-order valence-electron chi connectivity index (χ1n) is 4.39. The lowest BCUT2D eigenvalue weighted by Gasteiger charge is -2.11. The normalized spacial score (nSPS) is 13.7. The van der Waals surface area contributed by atoms with E-state index in [2.05, 4.69) is 47.7 Å². The van der Waals surface area contributed by atoms with Crippen LogP contribution in [0.1, 0.15) is 5.56 Å². The fourth-order valence-corrected chi connectivity index (χ4v) is 2.03. The Kier molecular flexibility index (Phi) is 2.83. The van der Waals surface area contributed by atoms with Gasteiger partial charge in [0, 0.05) is 10.1 Å². The van der Waals surface area contributed by atoms with E-state index in [0.717, 1.165) is 18.0 Å². The highest BCUT2D eigenvalue weighted by Crippen LogP contribution is 2.35. The number of halogens is 1. The Morgan fingerprint density at radius 2 is 1.93 bits per heavy atom. The summed E-state index contributed by atoms with van der Waals surface area (Å²) in [6.07, 6.45) is 0. The summed E-state index contributed by atoms with van der Waals surface area (Å²) in [5.74, 6) is 1.72. The van der Waals surface area contributed by atoms with Crippen molar-refractivity contribution in [3.8, 4) is 11.5 Å². The third kappa shape index (κ3) is 1.95. The van der Waals surface area contributed by atoms with Gasteiger partial charge in [-0.05, 0) is 54.4 Å². The quantitative estimate of drug-likeness (QED) is 0.781. The maximum Gasteiger partial charge on any atom is 0.231 e. The van der Waals surface area contributed by atoms with Crippen LogP contribution in [0.5, 0.6) is 11.5 Å². The molecule has 1 aromatic carbocycles. The molecule has 0 N–H and O–H groups in total. The summed E-state index contributed by atoms with van der Waals surface area (Å²) >= 11 is 2.32. The van der Waals surface area contributed by atoms with Crippen LogP contribution in [-0.4, -0.2) is 25.8 Å². The van der Waals surface area contributed by atoms with Gasteiger partial charge in [-0.25, -0.2) is 0 Å². The van der Waals surface area contributed by atoms with Gasteiger partial charge < -0.3 is 14.4 Å². The fourth-order valence-electron chi connectivity index (χ4n) is 1.42. The molecule has 0 aromatic heterocycles. The summed E-state index contributed by atoms with van der Waals surface area (Å²) < 4.78 is 11.9. The zero-order chi connectivity index (χ0) is 10.1. The molecule has 1 heterocycles. The second-order valence-electron chi connectivity index (χ2n) is 3.53. The Morgan fingerprint density at radius 1 is 1.29 bits per heavy atom. The Morgan fingerprint density at radius 3 is 2.57 bits per heavy atom. The summed E-state index contributed by atoms with van der Waals surface area (Å²) in [6.45, 7) is 1.27. The van der Waals surface area contributed by atoms with E-state index >= 15 is 0 Å². The van der Waals surface area contributed by atoms with Gasteiger partial charge in [-0.3, -0.25) is 0 Å². The monoisotopic (exact) mass is 305 g/mol. The molecule has 3 nitrogen and oxygen atoms in total. The molecule has 0 bridgehead atoms. The Bertz CT molecular complexity index is 352. The molecule has 0 unspecified atom stereocenters. The zero-order valence-electron chi connectivity index (χ0n) is 8.21. The molecule has 0 saturated heterocycles. The van der Waals surface area contributed by atoms with Crippen molar-refractivity contribution in [2.45, 2.75) is 6.54 Å². The molecule has 76 valence electrons. The van der Waals surface area contributed by atoms with Gasteiger partial charge in [0.25, 0.3) is 0 Å². The predicted octanol–water partition coefficient (Wildman–Crippen LogP) is 2.08. The van der Waals surface area contributed by atoms with Crippen molar-refractivity contribution in [2.75, 3.05) is 20.9 Å². The van der Waals surface area contributed by atoms with Crippen LogP contribution in [0.15, 0.2) is 12.1 Å². The van der Waals surface area contributed by atoms with E-state index in [4.69, 9.17) is 9.47 Å². The maximum absolute atomic E-state index is 5.33. The van der Waals surface area contributed by atoms with Gasteiger partial charge in [-0.1, -0.05) is 0 Å². The SMILES string of the molecule is CN(C)Cc1cc2c(cc1I)OCO2. The van der Waals surface area contributed by atoms with Crippen LogP contribution >= 0.6 is 22.6 Å². The van der Waals surface area contributed by atoms with Crippen molar-refractivity contribution >= 4 is 22.6 Å². The highest BCUT2D eigenvalue weighted by atomic mass is 127. The van der Waals surface area contributed by atoms with Crippen LogP contribution in [0.3, 0.4) is 0 Å². The van der Waals surface area contributed by atoms with Crippen LogP contribution in [0.4, 0.5) is 0 Å². The van der Waals surface area contributed by atoms with Gasteiger partial charge in [-0.2, -0.15) is 0 Å². The van der Waals surface area contributed by atoms with Crippen LogP contribution in [-0.2, 0) is 6.54 Å². The van der Waals surface area contributed by atoms with Crippen LogP contribution in [0.2, 0.25) is 0 Å². The Balaban J connectivity index is 2.32. The first-order chi connectivity index (χ1) is 6.66. The molecule has 0 amide bonds. The van der Waals surface area contributed by atoms with E-state index in [9.17, 15) is 0 Å². The van der Waals surface area contributed by atoms with E-state index in [1.54, 1.807) is 0 Å². The number of fused-ring (bicyclic) bond motifs is 1. The molecule has 4 heteroatoms. The molecule has 0 atom stereocenters. The molecule has 0 spiro atoms. The third-order valence-corrected chi connectivity index (χ3v) is 3.03. The minimum absolute atomic E-state index is 0.344. The van der Waals surface area contributed by atoms with Gasteiger partial charge in [0.15, 0.2) is 11.5 Å². The smallest absolute Gasteiger partial charge is 0.231 e. The first-order valence-corrected chi connectivity index (χ1v) is 5.47. The van der Waals surface area contributed by atoms with E-state index in [1.165, 1.54) is 9.13 Å². The van der Waals surface area contributed by atoms with Gasteiger partial charge >= 0.3 is 0 Å². The molecule has 0 aliphatic carbocycles. The maximum atomic E-state index is 5.33. The molecular weight excluding hydrogens is 293 g/mol. The number of nitrogens with zero attached hydrogens (tertiary/aromatic N) is 1. The lowest BCUT2D eigenvalue weighted by atomic mass is 10.2. The molecular formula is C10H12INO2. The summed E-state index contributed by atoms with van der Waals surface area (Å²) in [5, 5.41) is 0. The Hall–Kier alpha value is -0.490. The first kappa shape index (κ1) is 10.0. The van der Waals surface area contributed by atoms with Crippen LogP contribution in [0, 0.1) is 3.57 Å². The van der Waals surface area contributed by atoms with Gasteiger partial charge in [0.2, 0.25) is 6.79 Å². The van der Waals surface area contributed by atoms with E-state index < -0.39 is 0 Å². The standard InChI is InChI=1S/C10H12INO2/c1-12(2)5-7-3-9-10(4-8(7)11)14-6-13-9/h3-4H,5-6H2,1-2H3. The van der Waals surface area contributed by atoms with Crippen LogP contribution < -0.4 is 9.47 Å². The molecule has 0 fully saturated rings. The van der Waals surface area contributed by atoms with Crippen molar-refractivity contribution in [1.82, 2.24) is 4.90 Å². The fraction of sp³-hybridized carbons (Fsp3) is 0.400. The number of rotatable bonds is 2. The minimum atomic E-state index is 0.344. The summed E-state index contributed by atoms with van der Waals surface area (Å²) in [7, 11) is 4.11. The number of ether oxygens (including phenoxy) is 2. The molecule has 1 aliphatic rings. The highest BCUT2D eigenvalue weighted by molar-refractivity contribution is 14.1. The highest BCUT2D eigenvalue weighted by Gasteiger charge is 2.16. The van der Waals surface area contributed by atoms with Gasteiger partial charge in [-0.15, -0.1) is 0 Å². The van der Waals surface area contributed by atoms with Crippen LogP contribution in [0.25, 0.3) is 0 Å². The summed E-state index contributed by atoms with van der Waals surface area (Å²) in [4.78, 5) is 2.14. The summed E-state index contributed by atoms with van der Waals surface area (Å²) in [6, 6.07) is 4.09. The van der Waals surface area contributed by atoms with E-state index in [1.807, 2.05) is 6.07 Å². The van der Waals surface area contributed by atoms with Gasteiger partial charge in [0.05, 0.1) is 0 Å². The number of benzene rings is 1. The van der Waals surface area contributed by atoms with Crippen molar-refractivity contribution in [3.05, 3.63) is 21.3 Å². The molecule has 2 rings (SSSR count). The van der Waals surface area contributed by atoms with Crippen molar-refractivity contribution in [2.24, 2.45) is 0 Å².